The van der Waals surface area contributed by atoms with Crippen LogP contribution in [-0.2, 0) is 28.0 Å². The molecule has 0 spiro atoms. The predicted octanol–water partition coefficient (Wildman–Crippen LogP) is 4.78. The van der Waals surface area contributed by atoms with Crippen LogP contribution in [0.25, 0.3) is 0 Å². The Labute approximate surface area is 205 Å². The lowest BCUT2D eigenvalue weighted by Gasteiger charge is -2.29. The Balaban J connectivity index is 1.61. The van der Waals surface area contributed by atoms with Crippen LogP contribution in [0.1, 0.15) is 30.4 Å². The number of carbonyl (C=O) groups excluding carboxylic acids is 1. The molecule has 1 fully saturated rings. The molecule has 1 atom stereocenters. The summed E-state index contributed by atoms with van der Waals surface area (Å²) in [6.07, 6.45) is 2.04. The first-order valence-electron chi connectivity index (χ1n) is 11.2. The summed E-state index contributed by atoms with van der Waals surface area (Å²) in [6, 6.07) is 22.4. The highest BCUT2D eigenvalue weighted by Crippen LogP contribution is 2.27. The lowest BCUT2D eigenvalue weighted by atomic mass is 10.1. The topological polar surface area (TPSA) is 75.7 Å². The smallest absolute Gasteiger partial charge is 0.244 e. The van der Waals surface area contributed by atoms with Gasteiger partial charge >= 0.3 is 0 Å². The molecule has 178 valence electrons. The van der Waals surface area contributed by atoms with Gasteiger partial charge in [-0.05, 0) is 66.8 Å². The molecule has 0 aliphatic carbocycles. The molecule has 3 aromatic carbocycles. The number of sulfonamides is 1. The van der Waals surface area contributed by atoms with E-state index < -0.39 is 16.1 Å². The van der Waals surface area contributed by atoms with E-state index in [-0.39, 0.29) is 17.3 Å². The number of nitrogens with zero attached hydrogens (tertiary/aromatic N) is 1. The molecule has 0 aromatic heterocycles. The average molecular weight is 499 g/mol. The maximum atomic E-state index is 13.7. The van der Waals surface area contributed by atoms with Gasteiger partial charge < -0.3 is 10.1 Å². The van der Waals surface area contributed by atoms with Crippen LogP contribution >= 0.6 is 11.6 Å². The SMILES string of the molecule is O=C1NCCCCC1N(Cc1cccc(OCc2ccccc2)c1)S(=O)(=O)c1ccc(Cl)cc1. The Morgan fingerprint density at radius 2 is 1.68 bits per heavy atom. The molecular weight excluding hydrogens is 472 g/mol. The first-order chi connectivity index (χ1) is 16.4. The van der Waals surface area contributed by atoms with Crippen molar-refractivity contribution in [2.45, 2.75) is 43.4 Å². The molecule has 1 unspecified atom stereocenters. The molecule has 3 aromatic rings. The van der Waals surface area contributed by atoms with E-state index in [1.54, 1.807) is 0 Å². The molecule has 0 radical (unpaired) electrons. The Hall–Kier alpha value is -2.87. The van der Waals surface area contributed by atoms with E-state index >= 15 is 0 Å². The van der Waals surface area contributed by atoms with E-state index in [1.165, 1.54) is 28.6 Å². The number of benzene rings is 3. The molecule has 8 heteroatoms. The minimum atomic E-state index is -3.96. The fourth-order valence-electron chi connectivity index (χ4n) is 3.96. The van der Waals surface area contributed by atoms with Crippen LogP contribution in [-0.4, -0.2) is 31.2 Å². The van der Waals surface area contributed by atoms with Crippen molar-refractivity contribution in [1.29, 1.82) is 0 Å². The number of carbonyl (C=O) groups is 1. The lowest BCUT2D eigenvalue weighted by molar-refractivity contribution is -0.124. The fraction of sp³-hybridized carbons (Fsp3) is 0.269. The predicted molar refractivity (Wildman–Crippen MR) is 132 cm³/mol. The second kappa shape index (κ2) is 11.0. The summed E-state index contributed by atoms with van der Waals surface area (Å²) in [5, 5.41) is 3.30. The van der Waals surface area contributed by atoms with E-state index in [0.29, 0.717) is 30.3 Å². The van der Waals surface area contributed by atoms with E-state index in [9.17, 15) is 13.2 Å². The van der Waals surface area contributed by atoms with Crippen LogP contribution in [0.15, 0.2) is 83.8 Å². The van der Waals surface area contributed by atoms with Crippen LogP contribution in [0, 0.1) is 0 Å². The zero-order chi connectivity index (χ0) is 24.0. The number of rotatable bonds is 8. The molecule has 0 saturated carbocycles. The molecule has 1 N–H and O–H groups in total. The first-order valence-corrected chi connectivity index (χ1v) is 13.1. The highest BCUT2D eigenvalue weighted by molar-refractivity contribution is 7.89. The third-order valence-electron chi connectivity index (χ3n) is 5.76. The average Bonchev–Trinajstić information content (AvgIpc) is 3.06. The largest absolute Gasteiger partial charge is 0.489 e. The molecule has 1 amide bonds. The summed E-state index contributed by atoms with van der Waals surface area (Å²) < 4.78 is 34.6. The maximum Gasteiger partial charge on any atom is 0.244 e. The molecule has 1 aliphatic heterocycles. The summed E-state index contributed by atoms with van der Waals surface area (Å²) in [4.78, 5) is 12.9. The molecule has 34 heavy (non-hydrogen) atoms. The summed E-state index contributed by atoms with van der Waals surface area (Å²) in [5.74, 6) is 0.363. The van der Waals surface area contributed by atoms with E-state index in [1.807, 2.05) is 54.6 Å². The third kappa shape index (κ3) is 5.97. The Morgan fingerprint density at radius 3 is 2.44 bits per heavy atom. The van der Waals surface area contributed by atoms with E-state index in [0.717, 1.165) is 24.0 Å². The number of ether oxygens (including phenoxy) is 1. The van der Waals surface area contributed by atoms with Crippen LogP contribution in [0.2, 0.25) is 5.02 Å². The van der Waals surface area contributed by atoms with Crippen molar-refractivity contribution in [2.24, 2.45) is 0 Å². The van der Waals surface area contributed by atoms with Crippen molar-refractivity contribution in [3.8, 4) is 5.75 Å². The molecule has 1 aliphatic rings. The van der Waals surface area contributed by atoms with Gasteiger partial charge in [0.1, 0.15) is 18.4 Å². The van der Waals surface area contributed by atoms with E-state index in [2.05, 4.69) is 5.32 Å². The summed E-state index contributed by atoms with van der Waals surface area (Å²) in [7, 11) is -3.96. The van der Waals surface area contributed by atoms with Gasteiger partial charge in [-0.25, -0.2) is 8.42 Å². The fourth-order valence-corrected chi connectivity index (χ4v) is 5.69. The number of hydrogen-bond donors (Lipinski definition) is 1. The first kappa shape index (κ1) is 24.3. The lowest BCUT2D eigenvalue weighted by Crippen LogP contribution is -2.48. The second-order valence-electron chi connectivity index (χ2n) is 8.23. The van der Waals surface area contributed by atoms with Crippen molar-refractivity contribution >= 4 is 27.5 Å². The standard InChI is InChI=1S/C26H27ClN2O4S/c27-22-12-14-24(15-13-22)34(31,32)29(25-11-4-5-16-28-26(25)30)18-21-9-6-10-23(17-21)33-19-20-7-2-1-3-8-20/h1-3,6-10,12-15,17,25H,4-5,11,16,18-19H2,(H,28,30). The van der Waals surface area contributed by atoms with E-state index in [4.69, 9.17) is 16.3 Å². The maximum absolute atomic E-state index is 13.7. The van der Waals surface area contributed by atoms with Gasteiger partial charge in [0.15, 0.2) is 0 Å². The zero-order valence-electron chi connectivity index (χ0n) is 18.7. The van der Waals surface area contributed by atoms with Crippen molar-refractivity contribution in [3.63, 3.8) is 0 Å². The quantitative estimate of drug-likeness (QED) is 0.485. The van der Waals surface area contributed by atoms with Crippen molar-refractivity contribution in [2.75, 3.05) is 6.54 Å². The van der Waals surface area contributed by atoms with Gasteiger partial charge in [-0.2, -0.15) is 4.31 Å². The molecular formula is C26H27ClN2O4S. The van der Waals surface area contributed by atoms with Crippen LogP contribution in [0.3, 0.4) is 0 Å². The normalized spacial score (nSPS) is 16.6. The van der Waals surface area contributed by atoms with Crippen LogP contribution in [0.5, 0.6) is 5.75 Å². The minimum absolute atomic E-state index is 0.0472. The van der Waals surface area contributed by atoms with Gasteiger partial charge in [0.25, 0.3) is 0 Å². The van der Waals surface area contributed by atoms with Gasteiger partial charge in [-0.3, -0.25) is 4.79 Å². The Morgan fingerprint density at radius 1 is 0.941 bits per heavy atom. The molecule has 1 heterocycles. The molecule has 0 bridgehead atoms. The highest BCUT2D eigenvalue weighted by Gasteiger charge is 2.36. The van der Waals surface area contributed by atoms with Crippen molar-refractivity contribution in [3.05, 3.63) is 95.0 Å². The zero-order valence-corrected chi connectivity index (χ0v) is 20.3. The Kier molecular flexibility index (Phi) is 7.88. The molecule has 6 nitrogen and oxygen atoms in total. The van der Waals surface area contributed by atoms with Gasteiger partial charge in [0.2, 0.25) is 15.9 Å². The number of hydrogen-bond acceptors (Lipinski definition) is 4. The monoisotopic (exact) mass is 498 g/mol. The van der Waals surface area contributed by atoms with Gasteiger partial charge in [-0.1, -0.05) is 54.1 Å². The highest BCUT2D eigenvalue weighted by atomic mass is 35.5. The van der Waals surface area contributed by atoms with Gasteiger partial charge in [-0.15, -0.1) is 0 Å². The molecule has 1 saturated heterocycles. The van der Waals surface area contributed by atoms with Crippen LogP contribution < -0.4 is 10.1 Å². The van der Waals surface area contributed by atoms with Crippen LogP contribution in [0.4, 0.5) is 0 Å². The minimum Gasteiger partial charge on any atom is -0.489 e. The number of amides is 1. The van der Waals surface area contributed by atoms with Crippen molar-refractivity contribution in [1.82, 2.24) is 9.62 Å². The summed E-state index contributed by atoms with van der Waals surface area (Å²) in [5.41, 5.74) is 1.77. The number of nitrogens with one attached hydrogen (secondary N) is 1. The Bertz CT molecular complexity index is 1220. The molecule has 4 rings (SSSR count). The van der Waals surface area contributed by atoms with Crippen molar-refractivity contribution < 1.29 is 17.9 Å². The number of halogens is 1. The third-order valence-corrected chi connectivity index (χ3v) is 7.88. The summed E-state index contributed by atoms with van der Waals surface area (Å²) in [6.45, 7) is 1.00. The summed E-state index contributed by atoms with van der Waals surface area (Å²) >= 11 is 5.97. The van der Waals surface area contributed by atoms with Gasteiger partial charge in [0, 0.05) is 18.1 Å². The van der Waals surface area contributed by atoms with Gasteiger partial charge in [0.05, 0.1) is 4.90 Å². The second-order valence-corrected chi connectivity index (χ2v) is 10.6.